The highest BCUT2D eigenvalue weighted by molar-refractivity contribution is 5.97. The molecular formula is C15H12F3NO2. The van der Waals surface area contributed by atoms with E-state index < -0.39 is 12.1 Å². The zero-order valence-electron chi connectivity index (χ0n) is 10.9. The van der Waals surface area contributed by atoms with E-state index in [4.69, 9.17) is 5.73 Å². The minimum Gasteiger partial charge on any atom is -0.406 e. The van der Waals surface area contributed by atoms with E-state index >= 15 is 0 Å². The molecule has 21 heavy (non-hydrogen) atoms. The number of ketones is 1. The number of hydrogen-bond acceptors (Lipinski definition) is 3. The highest BCUT2D eigenvalue weighted by Gasteiger charge is 2.31. The summed E-state index contributed by atoms with van der Waals surface area (Å²) in [7, 11) is 0. The fourth-order valence-electron chi connectivity index (χ4n) is 1.79. The molecule has 0 heterocycles. The molecule has 0 unspecified atom stereocenters. The summed E-state index contributed by atoms with van der Waals surface area (Å²) < 4.78 is 40.2. The van der Waals surface area contributed by atoms with Crippen molar-refractivity contribution in [1.82, 2.24) is 0 Å². The predicted molar refractivity (Wildman–Crippen MR) is 72.0 cm³/mol. The molecule has 0 saturated carbocycles. The van der Waals surface area contributed by atoms with Crippen molar-refractivity contribution in [3.8, 4) is 5.75 Å². The smallest absolute Gasteiger partial charge is 0.406 e. The van der Waals surface area contributed by atoms with Crippen molar-refractivity contribution in [2.45, 2.75) is 12.8 Å². The zero-order chi connectivity index (χ0) is 15.5. The first kappa shape index (κ1) is 14.9. The molecule has 3 nitrogen and oxygen atoms in total. The molecule has 0 saturated heterocycles. The van der Waals surface area contributed by atoms with Crippen LogP contribution in [0.15, 0.2) is 48.5 Å². The lowest BCUT2D eigenvalue weighted by Crippen LogP contribution is -2.17. The number of nitrogen functional groups attached to an aromatic ring is 1. The van der Waals surface area contributed by atoms with Gasteiger partial charge >= 0.3 is 6.36 Å². The van der Waals surface area contributed by atoms with Gasteiger partial charge in [-0.3, -0.25) is 4.79 Å². The normalized spacial score (nSPS) is 11.2. The minimum atomic E-state index is -4.78. The zero-order valence-corrected chi connectivity index (χ0v) is 10.9. The maximum atomic E-state index is 12.1. The largest absolute Gasteiger partial charge is 0.573 e. The van der Waals surface area contributed by atoms with Crippen LogP contribution in [0.1, 0.15) is 15.9 Å². The third kappa shape index (κ3) is 4.52. The maximum Gasteiger partial charge on any atom is 0.573 e. The monoisotopic (exact) mass is 295 g/mol. The first-order chi connectivity index (χ1) is 9.83. The quantitative estimate of drug-likeness (QED) is 0.692. The number of hydrogen-bond donors (Lipinski definition) is 1. The van der Waals surface area contributed by atoms with Crippen molar-refractivity contribution in [2.24, 2.45) is 0 Å². The molecule has 6 heteroatoms. The van der Waals surface area contributed by atoms with Crippen LogP contribution in [0.4, 0.5) is 18.9 Å². The Hall–Kier alpha value is -2.50. The number of anilines is 1. The second-order valence-corrected chi connectivity index (χ2v) is 4.42. The molecule has 0 aliphatic rings. The number of Topliss-reactive ketones (excluding diaryl/α,β-unsaturated/α-hetero) is 1. The van der Waals surface area contributed by atoms with E-state index in [9.17, 15) is 18.0 Å². The molecule has 110 valence electrons. The van der Waals surface area contributed by atoms with Gasteiger partial charge in [0.1, 0.15) is 5.75 Å². The fraction of sp³-hybridized carbons (Fsp3) is 0.133. The Labute approximate surface area is 119 Å². The predicted octanol–water partition coefficient (Wildman–Crippen LogP) is 3.59. The highest BCUT2D eigenvalue weighted by Crippen LogP contribution is 2.23. The van der Waals surface area contributed by atoms with E-state index in [1.807, 2.05) is 0 Å². The highest BCUT2D eigenvalue weighted by atomic mass is 19.4. The van der Waals surface area contributed by atoms with E-state index in [1.54, 1.807) is 24.3 Å². The van der Waals surface area contributed by atoms with Gasteiger partial charge < -0.3 is 10.5 Å². The van der Waals surface area contributed by atoms with E-state index in [1.165, 1.54) is 12.1 Å². The minimum absolute atomic E-state index is 0.0791. The van der Waals surface area contributed by atoms with E-state index in [0.29, 0.717) is 5.69 Å². The molecule has 0 fully saturated rings. The molecule has 0 amide bonds. The fourth-order valence-corrected chi connectivity index (χ4v) is 1.79. The maximum absolute atomic E-state index is 12.1. The Morgan fingerprint density at radius 2 is 1.76 bits per heavy atom. The topological polar surface area (TPSA) is 52.3 Å². The van der Waals surface area contributed by atoms with Gasteiger partial charge in [0.2, 0.25) is 0 Å². The van der Waals surface area contributed by atoms with Gasteiger partial charge in [-0.25, -0.2) is 0 Å². The van der Waals surface area contributed by atoms with Crippen LogP contribution in [0, 0.1) is 0 Å². The van der Waals surface area contributed by atoms with Crippen molar-refractivity contribution < 1.29 is 22.7 Å². The molecule has 2 rings (SSSR count). The number of alkyl halides is 3. The molecule has 0 radical (unpaired) electrons. The molecule has 0 bridgehead atoms. The SMILES string of the molecule is Nc1ccc(CC(=O)c2cccc(OC(F)(F)F)c2)cc1. The number of halogens is 3. The van der Waals surface area contributed by atoms with Gasteiger partial charge in [-0.2, -0.15) is 0 Å². The Morgan fingerprint density at radius 3 is 2.38 bits per heavy atom. The molecule has 0 atom stereocenters. The van der Waals surface area contributed by atoms with Crippen molar-refractivity contribution in [3.05, 3.63) is 59.7 Å². The van der Waals surface area contributed by atoms with Crippen molar-refractivity contribution in [3.63, 3.8) is 0 Å². The third-order valence-electron chi connectivity index (χ3n) is 2.73. The number of rotatable bonds is 4. The van der Waals surface area contributed by atoms with E-state index in [2.05, 4.69) is 4.74 Å². The number of nitrogens with two attached hydrogens (primary N) is 1. The van der Waals surface area contributed by atoms with Gasteiger partial charge in [0.25, 0.3) is 0 Å². The van der Waals surface area contributed by atoms with E-state index in [-0.39, 0.29) is 17.8 Å². The Morgan fingerprint density at radius 1 is 1.10 bits per heavy atom. The van der Waals surface area contributed by atoms with Gasteiger partial charge in [-0.05, 0) is 29.8 Å². The standard InChI is InChI=1S/C15H12F3NO2/c16-15(17,18)21-13-3-1-2-11(9-13)14(20)8-10-4-6-12(19)7-5-10/h1-7,9H,8,19H2. The lowest BCUT2D eigenvalue weighted by atomic mass is 10.0. The Balaban J connectivity index is 2.12. The van der Waals surface area contributed by atoms with Crippen LogP contribution in [0.2, 0.25) is 0 Å². The molecule has 2 N–H and O–H groups in total. The first-order valence-corrected chi connectivity index (χ1v) is 6.07. The molecular weight excluding hydrogens is 283 g/mol. The molecule has 2 aromatic carbocycles. The van der Waals surface area contributed by atoms with Gasteiger partial charge in [-0.1, -0.05) is 24.3 Å². The Bertz CT molecular complexity index is 636. The van der Waals surface area contributed by atoms with Crippen LogP contribution in [0.3, 0.4) is 0 Å². The van der Waals surface area contributed by atoms with Crippen LogP contribution >= 0.6 is 0 Å². The lowest BCUT2D eigenvalue weighted by molar-refractivity contribution is -0.274. The average molecular weight is 295 g/mol. The van der Waals surface area contributed by atoms with Gasteiger partial charge in [0, 0.05) is 17.7 Å². The van der Waals surface area contributed by atoms with Crippen molar-refractivity contribution in [1.29, 1.82) is 0 Å². The molecule has 0 aromatic heterocycles. The number of carbonyl (C=O) groups is 1. The van der Waals surface area contributed by atoms with Gasteiger partial charge in [0.15, 0.2) is 5.78 Å². The summed E-state index contributed by atoms with van der Waals surface area (Å²) in [6.07, 6.45) is -4.70. The third-order valence-corrected chi connectivity index (χ3v) is 2.73. The first-order valence-electron chi connectivity index (χ1n) is 6.07. The summed E-state index contributed by atoms with van der Waals surface area (Å²) in [5.41, 5.74) is 7.01. The molecule has 2 aromatic rings. The summed E-state index contributed by atoms with van der Waals surface area (Å²) in [6, 6.07) is 11.7. The van der Waals surface area contributed by atoms with Crippen LogP contribution < -0.4 is 10.5 Å². The second-order valence-electron chi connectivity index (χ2n) is 4.42. The number of ether oxygens (including phenoxy) is 1. The lowest BCUT2D eigenvalue weighted by Gasteiger charge is -2.09. The molecule has 0 aliphatic carbocycles. The van der Waals surface area contributed by atoms with E-state index in [0.717, 1.165) is 17.7 Å². The summed E-state index contributed by atoms with van der Waals surface area (Å²) in [4.78, 5) is 12.0. The molecule has 0 aliphatic heterocycles. The van der Waals surface area contributed by atoms with Crippen molar-refractivity contribution in [2.75, 3.05) is 5.73 Å². The molecule has 0 spiro atoms. The number of carbonyl (C=O) groups excluding carboxylic acids is 1. The van der Waals surface area contributed by atoms with Crippen LogP contribution in [0.5, 0.6) is 5.75 Å². The van der Waals surface area contributed by atoms with Crippen LogP contribution in [-0.4, -0.2) is 12.1 Å². The van der Waals surface area contributed by atoms with Crippen LogP contribution in [0.25, 0.3) is 0 Å². The Kier molecular flexibility index (Phi) is 4.16. The summed E-state index contributed by atoms with van der Waals surface area (Å²) in [6.45, 7) is 0. The summed E-state index contributed by atoms with van der Waals surface area (Å²) in [5.74, 6) is -0.710. The summed E-state index contributed by atoms with van der Waals surface area (Å²) >= 11 is 0. The number of benzene rings is 2. The van der Waals surface area contributed by atoms with Gasteiger partial charge in [0.05, 0.1) is 0 Å². The second kappa shape index (κ2) is 5.87. The van der Waals surface area contributed by atoms with Gasteiger partial charge in [-0.15, -0.1) is 13.2 Å². The average Bonchev–Trinajstić information content (AvgIpc) is 2.40. The van der Waals surface area contributed by atoms with Crippen LogP contribution in [-0.2, 0) is 6.42 Å². The van der Waals surface area contributed by atoms with Crippen molar-refractivity contribution >= 4 is 11.5 Å². The summed E-state index contributed by atoms with van der Waals surface area (Å²) in [5, 5.41) is 0.